The third-order valence-corrected chi connectivity index (χ3v) is 5.38. The summed E-state index contributed by atoms with van der Waals surface area (Å²) in [4.78, 5) is 2.50. The van der Waals surface area contributed by atoms with Crippen molar-refractivity contribution < 1.29 is 0 Å². The quantitative estimate of drug-likeness (QED) is 0.793. The molecule has 1 aromatic heterocycles. The van der Waals surface area contributed by atoms with Crippen molar-refractivity contribution >= 4 is 21.4 Å². The number of fused-ring (bicyclic) bond motifs is 2. The molecule has 106 valence electrons. The summed E-state index contributed by atoms with van der Waals surface area (Å²) < 4.78 is 1.35. The topological polar surface area (TPSA) is 29.3 Å². The zero-order valence-corrected chi connectivity index (χ0v) is 12.6. The van der Waals surface area contributed by atoms with Crippen LogP contribution >= 0.6 is 11.3 Å². The number of hydrogen-bond acceptors (Lipinski definition) is 3. The zero-order valence-electron chi connectivity index (χ0n) is 11.8. The van der Waals surface area contributed by atoms with Crippen LogP contribution in [0.2, 0.25) is 0 Å². The van der Waals surface area contributed by atoms with E-state index in [4.69, 9.17) is 5.73 Å². The molecule has 1 unspecified atom stereocenters. The van der Waals surface area contributed by atoms with Crippen LogP contribution in [0.4, 0.5) is 0 Å². The van der Waals surface area contributed by atoms with Crippen molar-refractivity contribution in [3.8, 4) is 0 Å². The van der Waals surface area contributed by atoms with Crippen LogP contribution in [0.25, 0.3) is 10.1 Å². The van der Waals surface area contributed by atoms with E-state index in [0.717, 1.165) is 13.1 Å². The van der Waals surface area contributed by atoms with Crippen molar-refractivity contribution in [3.63, 3.8) is 0 Å². The maximum atomic E-state index is 6.13. The molecule has 0 radical (unpaired) electrons. The van der Waals surface area contributed by atoms with Gasteiger partial charge in [-0.15, -0.1) is 11.3 Å². The summed E-state index contributed by atoms with van der Waals surface area (Å²) >= 11 is 1.82. The molecule has 1 atom stereocenters. The summed E-state index contributed by atoms with van der Waals surface area (Å²) in [6.07, 6.45) is 0. The van der Waals surface area contributed by atoms with Crippen molar-refractivity contribution in [2.75, 3.05) is 6.54 Å². The molecular weight excluding hydrogens is 276 g/mol. The first kappa shape index (κ1) is 13.0. The first-order valence-corrected chi connectivity index (χ1v) is 8.22. The molecule has 1 aliphatic heterocycles. The summed E-state index contributed by atoms with van der Waals surface area (Å²) in [6.45, 7) is 2.67. The number of nitrogens with two attached hydrogens (primary N) is 1. The third kappa shape index (κ3) is 2.18. The van der Waals surface area contributed by atoms with Gasteiger partial charge in [0.15, 0.2) is 0 Å². The van der Waals surface area contributed by atoms with E-state index in [1.54, 1.807) is 0 Å². The van der Waals surface area contributed by atoms with Gasteiger partial charge in [-0.2, -0.15) is 0 Å². The second-order valence-electron chi connectivity index (χ2n) is 5.61. The van der Waals surface area contributed by atoms with Gasteiger partial charge in [0.1, 0.15) is 0 Å². The molecule has 0 saturated heterocycles. The van der Waals surface area contributed by atoms with E-state index in [2.05, 4.69) is 58.8 Å². The lowest BCUT2D eigenvalue weighted by atomic mass is 10.0. The van der Waals surface area contributed by atoms with Crippen molar-refractivity contribution in [2.45, 2.75) is 19.1 Å². The summed E-state index contributed by atoms with van der Waals surface area (Å²) in [6, 6.07) is 17.6. The van der Waals surface area contributed by atoms with Gasteiger partial charge in [-0.05, 0) is 33.5 Å². The molecule has 0 bridgehead atoms. The van der Waals surface area contributed by atoms with E-state index < -0.39 is 0 Å². The Hall–Kier alpha value is -1.68. The fourth-order valence-electron chi connectivity index (χ4n) is 3.31. The van der Waals surface area contributed by atoms with Crippen LogP contribution < -0.4 is 5.73 Å². The Bertz CT molecular complexity index is 752. The van der Waals surface area contributed by atoms with Gasteiger partial charge < -0.3 is 5.73 Å². The van der Waals surface area contributed by atoms with Crippen LogP contribution in [0.5, 0.6) is 0 Å². The predicted molar refractivity (Wildman–Crippen MR) is 89.3 cm³/mol. The van der Waals surface area contributed by atoms with Gasteiger partial charge in [-0.1, -0.05) is 42.5 Å². The molecule has 2 aromatic carbocycles. The second kappa shape index (κ2) is 5.26. The molecule has 1 aliphatic rings. The Morgan fingerprint density at radius 3 is 2.38 bits per heavy atom. The molecule has 0 saturated carbocycles. The number of hydrogen-bond donors (Lipinski definition) is 1. The van der Waals surface area contributed by atoms with Crippen molar-refractivity contribution in [2.24, 2.45) is 5.73 Å². The van der Waals surface area contributed by atoms with Crippen LogP contribution in [0.1, 0.15) is 22.7 Å². The average molecular weight is 294 g/mol. The summed E-state index contributed by atoms with van der Waals surface area (Å²) in [5, 5.41) is 3.64. The number of thiophene rings is 1. The smallest absolute Gasteiger partial charge is 0.0491 e. The summed E-state index contributed by atoms with van der Waals surface area (Å²) in [5.74, 6) is 0. The van der Waals surface area contributed by atoms with Crippen LogP contribution in [-0.4, -0.2) is 11.4 Å². The molecule has 0 spiro atoms. The Morgan fingerprint density at radius 2 is 1.67 bits per heavy atom. The van der Waals surface area contributed by atoms with Crippen molar-refractivity contribution in [3.05, 3.63) is 70.6 Å². The monoisotopic (exact) mass is 294 g/mol. The van der Waals surface area contributed by atoms with E-state index in [1.807, 2.05) is 11.3 Å². The highest BCUT2D eigenvalue weighted by molar-refractivity contribution is 7.17. The Kier molecular flexibility index (Phi) is 3.26. The fourth-order valence-corrected chi connectivity index (χ4v) is 4.32. The number of benzene rings is 2. The van der Waals surface area contributed by atoms with E-state index in [-0.39, 0.29) is 0 Å². The number of rotatable bonds is 3. The number of nitrogens with zero attached hydrogens (tertiary/aromatic N) is 1. The highest BCUT2D eigenvalue weighted by Crippen LogP contribution is 2.36. The molecule has 2 heterocycles. The minimum absolute atomic E-state index is 0.300. The second-order valence-corrected chi connectivity index (χ2v) is 6.52. The Labute approximate surface area is 128 Å². The molecule has 2 nitrogen and oxygen atoms in total. The molecule has 21 heavy (non-hydrogen) atoms. The molecule has 0 aliphatic carbocycles. The van der Waals surface area contributed by atoms with Gasteiger partial charge >= 0.3 is 0 Å². The maximum absolute atomic E-state index is 6.13. The standard InChI is InChI=1S/C18H18N2S/c19-9-17(16-12-21-18-8-4-3-7-15(16)18)20-10-13-5-1-2-6-14(13)11-20/h1-8,12,17H,9-11,19H2. The van der Waals surface area contributed by atoms with Crippen LogP contribution in [0.3, 0.4) is 0 Å². The van der Waals surface area contributed by atoms with Crippen LogP contribution in [0, 0.1) is 0 Å². The minimum atomic E-state index is 0.300. The molecule has 3 heteroatoms. The minimum Gasteiger partial charge on any atom is -0.329 e. The molecule has 2 N–H and O–H groups in total. The predicted octanol–water partition coefficient (Wildman–Crippen LogP) is 3.92. The largest absolute Gasteiger partial charge is 0.329 e. The summed E-state index contributed by atoms with van der Waals surface area (Å²) in [5.41, 5.74) is 10.4. The summed E-state index contributed by atoms with van der Waals surface area (Å²) in [7, 11) is 0. The fraction of sp³-hybridized carbons (Fsp3) is 0.222. The molecule has 0 fully saturated rings. The van der Waals surface area contributed by atoms with Gasteiger partial charge in [0, 0.05) is 30.4 Å². The van der Waals surface area contributed by atoms with Crippen LogP contribution in [-0.2, 0) is 13.1 Å². The molecular formula is C18H18N2S. The van der Waals surface area contributed by atoms with Crippen LogP contribution in [0.15, 0.2) is 53.9 Å². The van der Waals surface area contributed by atoms with E-state index in [0.29, 0.717) is 12.6 Å². The van der Waals surface area contributed by atoms with Gasteiger partial charge in [0.25, 0.3) is 0 Å². The zero-order chi connectivity index (χ0) is 14.2. The van der Waals surface area contributed by atoms with E-state index in [1.165, 1.54) is 26.8 Å². The van der Waals surface area contributed by atoms with Gasteiger partial charge in [0.05, 0.1) is 0 Å². The van der Waals surface area contributed by atoms with Crippen molar-refractivity contribution in [1.29, 1.82) is 0 Å². The highest BCUT2D eigenvalue weighted by Gasteiger charge is 2.27. The third-order valence-electron chi connectivity index (χ3n) is 4.40. The van der Waals surface area contributed by atoms with E-state index in [9.17, 15) is 0 Å². The first-order chi connectivity index (χ1) is 10.4. The van der Waals surface area contributed by atoms with Gasteiger partial charge in [-0.3, -0.25) is 4.90 Å². The lowest BCUT2D eigenvalue weighted by molar-refractivity contribution is 0.207. The highest BCUT2D eigenvalue weighted by atomic mass is 32.1. The SMILES string of the molecule is NCC(c1csc2ccccc12)N1Cc2ccccc2C1. The molecule has 0 amide bonds. The average Bonchev–Trinajstić information content (AvgIpc) is 3.13. The van der Waals surface area contributed by atoms with Gasteiger partial charge in [-0.25, -0.2) is 0 Å². The molecule has 3 aromatic rings. The first-order valence-electron chi connectivity index (χ1n) is 7.34. The lowest BCUT2D eigenvalue weighted by Crippen LogP contribution is -2.29. The Balaban J connectivity index is 1.70. The van der Waals surface area contributed by atoms with Gasteiger partial charge in [0.2, 0.25) is 0 Å². The molecule has 4 rings (SSSR count). The normalized spacial score (nSPS) is 16.2. The Morgan fingerprint density at radius 1 is 1.00 bits per heavy atom. The van der Waals surface area contributed by atoms with Crippen molar-refractivity contribution in [1.82, 2.24) is 4.90 Å². The lowest BCUT2D eigenvalue weighted by Gasteiger charge is -2.26. The maximum Gasteiger partial charge on any atom is 0.0491 e. The van der Waals surface area contributed by atoms with E-state index >= 15 is 0 Å².